The van der Waals surface area contributed by atoms with Crippen LogP contribution in [-0.4, -0.2) is 96.7 Å². The van der Waals surface area contributed by atoms with Crippen molar-refractivity contribution in [2.75, 3.05) is 39.6 Å². The highest BCUT2D eigenvalue weighted by molar-refractivity contribution is 7.47. The number of aliphatic hydroxyl groups is 1. The number of carbonyl (C=O) groups is 4. The second-order valence-corrected chi connectivity index (χ2v) is 33.7. The Morgan fingerprint density at radius 1 is 0.284 bits per heavy atom. The summed E-state index contributed by atoms with van der Waals surface area (Å²) in [6, 6.07) is 0. The van der Waals surface area contributed by atoms with Gasteiger partial charge in [-0.05, 0) is 43.4 Å². The van der Waals surface area contributed by atoms with Crippen LogP contribution in [0.15, 0.2) is 0 Å². The van der Waals surface area contributed by atoms with Crippen LogP contribution in [0.3, 0.4) is 0 Å². The van der Waals surface area contributed by atoms with Gasteiger partial charge in [0.1, 0.15) is 19.3 Å². The van der Waals surface area contributed by atoms with Crippen LogP contribution in [0.4, 0.5) is 0 Å². The number of phosphoric ester groups is 2. The summed E-state index contributed by atoms with van der Waals surface area (Å²) in [6.45, 7) is 11.9. The van der Waals surface area contributed by atoms with Gasteiger partial charge in [0.05, 0.1) is 26.4 Å². The third-order valence-electron chi connectivity index (χ3n) is 20.1. The van der Waals surface area contributed by atoms with Crippen LogP contribution in [0.5, 0.6) is 0 Å². The largest absolute Gasteiger partial charge is 0.472 e. The Hall–Kier alpha value is -1.94. The molecule has 3 N–H and O–H groups in total. The van der Waals surface area contributed by atoms with Crippen LogP contribution in [0.1, 0.15) is 434 Å². The molecular weight excluding hydrogens is 1330 g/mol. The maximum absolute atomic E-state index is 13.1. The molecule has 17 nitrogen and oxygen atoms in total. The molecule has 0 aliphatic heterocycles. The molecule has 0 fully saturated rings. The highest BCUT2D eigenvalue weighted by atomic mass is 31.2. The van der Waals surface area contributed by atoms with E-state index in [0.717, 1.165) is 114 Å². The molecule has 7 atom stereocenters. The maximum Gasteiger partial charge on any atom is 0.472 e. The third-order valence-corrected chi connectivity index (χ3v) is 22.0. The summed E-state index contributed by atoms with van der Waals surface area (Å²) in [7, 11) is -9.92. The fourth-order valence-corrected chi connectivity index (χ4v) is 14.4. The molecule has 19 heteroatoms. The molecule has 0 bridgehead atoms. The molecule has 0 aliphatic rings. The van der Waals surface area contributed by atoms with Gasteiger partial charge in [0.25, 0.3) is 0 Å². The number of unbranched alkanes of at least 4 members (excludes halogenated alkanes) is 47. The van der Waals surface area contributed by atoms with Gasteiger partial charge < -0.3 is 33.8 Å². The van der Waals surface area contributed by atoms with Crippen molar-refractivity contribution in [3.63, 3.8) is 0 Å². The van der Waals surface area contributed by atoms with Crippen LogP contribution < -0.4 is 0 Å². The fraction of sp³-hybridized carbons (Fsp3) is 0.952. The molecular formula is C83H162O17P2. The predicted octanol–water partition coefficient (Wildman–Crippen LogP) is 24.9. The van der Waals surface area contributed by atoms with Gasteiger partial charge in [-0.15, -0.1) is 0 Å². The molecule has 0 saturated heterocycles. The van der Waals surface area contributed by atoms with Crippen molar-refractivity contribution >= 4 is 39.5 Å². The summed E-state index contributed by atoms with van der Waals surface area (Å²) in [4.78, 5) is 73.1. The molecule has 0 spiro atoms. The second kappa shape index (κ2) is 73.2. The Labute approximate surface area is 626 Å². The smallest absolute Gasteiger partial charge is 0.462 e. The summed E-state index contributed by atoms with van der Waals surface area (Å²) < 4.78 is 68.7. The summed E-state index contributed by atoms with van der Waals surface area (Å²) in [6.07, 6.45) is 62.6. The minimum absolute atomic E-state index is 0.104. The zero-order chi connectivity index (χ0) is 75.1. The molecule has 0 radical (unpaired) electrons. The number of hydrogen-bond acceptors (Lipinski definition) is 15. The van der Waals surface area contributed by atoms with Crippen molar-refractivity contribution in [3.05, 3.63) is 0 Å². The minimum atomic E-state index is -4.96. The minimum Gasteiger partial charge on any atom is -0.462 e. The van der Waals surface area contributed by atoms with E-state index in [-0.39, 0.29) is 25.7 Å². The molecule has 0 heterocycles. The monoisotopic (exact) mass is 1490 g/mol. The number of aliphatic hydroxyl groups excluding tert-OH is 1. The van der Waals surface area contributed by atoms with Gasteiger partial charge in [-0.25, -0.2) is 9.13 Å². The average molecular weight is 1490 g/mol. The Morgan fingerprint density at radius 2 is 0.500 bits per heavy atom. The number of ether oxygens (including phenoxy) is 4. The number of carbonyl (C=O) groups excluding carboxylic acids is 4. The fourth-order valence-electron chi connectivity index (χ4n) is 12.8. The quantitative estimate of drug-likeness (QED) is 0.0222. The normalized spacial score (nSPS) is 14.5. The third kappa shape index (κ3) is 73.6. The van der Waals surface area contributed by atoms with Gasteiger partial charge in [-0.1, -0.05) is 382 Å². The van der Waals surface area contributed by atoms with Crippen molar-refractivity contribution < 1.29 is 80.2 Å². The van der Waals surface area contributed by atoms with Crippen molar-refractivity contribution in [1.82, 2.24) is 0 Å². The number of rotatable bonds is 81. The highest BCUT2D eigenvalue weighted by Gasteiger charge is 2.30. The highest BCUT2D eigenvalue weighted by Crippen LogP contribution is 2.45. The lowest BCUT2D eigenvalue weighted by atomic mass is 9.99. The molecule has 4 unspecified atom stereocenters. The Morgan fingerprint density at radius 3 is 0.745 bits per heavy atom. The summed E-state index contributed by atoms with van der Waals surface area (Å²) >= 11 is 0. The lowest BCUT2D eigenvalue weighted by Crippen LogP contribution is -2.30. The summed E-state index contributed by atoms with van der Waals surface area (Å²) in [5.41, 5.74) is 0. The topological polar surface area (TPSA) is 237 Å². The van der Waals surface area contributed by atoms with Crippen LogP contribution in [-0.2, 0) is 65.4 Å². The van der Waals surface area contributed by atoms with Gasteiger partial charge in [-0.2, -0.15) is 0 Å². The van der Waals surface area contributed by atoms with E-state index in [1.807, 2.05) is 0 Å². The first-order valence-corrected chi connectivity index (χ1v) is 45.9. The van der Waals surface area contributed by atoms with Crippen molar-refractivity contribution in [3.8, 4) is 0 Å². The number of phosphoric acid groups is 2. The molecule has 0 aromatic heterocycles. The van der Waals surface area contributed by atoms with Crippen molar-refractivity contribution in [2.45, 2.75) is 452 Å². The van der Waals surface area contributed by atoms with E-state index in [4.69, 9.17) is 37.0 Å². The van der Waals surface area contributed by atoms with Crippen LogP contribution in [0.25, 0.3) is 0 Å². The molecule has 0 saturated carbocycles. The lowest BCUT2D eigenvalue weighted by molar-refractivity contribution is -0.161. The summed E-state index contributed by atoms with van der Waals surface area (Å²) in [5.74, 6) is 0.193. The van der Waals surface area contributed by atoms with E-state index < -0.39 is 97.5 Å². The SMILES string of the molecule is CCCCCCCCCCCCCCCCCCCCCCCCC(=O)O[C@H](COC(=O)CCCCCCCCCCCCCCCCCC(C)C)COP(=O)(O)OC[C@@H](O)COP(=O)(O)OC[C@@H](COC(=O)CCCCCCCCC(C)CC)OC(=O)CCCCCCCCCCC(C)CC. The zero-order valence-corrected chi connectivity index (χ0v) is 68.9. The van der Waals surface area contributed by atoms with Gasteiger partial charge in [0, 0.05) is 25.7 Å². The molecule has 0 aromatic carbocycles. The van der Waals surface area contributed by atoms with Gasteiger partial charge in [0.2, 0.25) is 0 Å². The van der Waals surface area contributed by atoms with Crippen LogP contribution in [0, 0.1) is 17.8 Å². The van der Waals surface area contributed by atoms with E-state index >= 15 is 0 Å². The van der Waals surface area contributed by atoms with E-state index in [9.17, 15) is 43.2 Å². The number of hydrogen-bond donors (Lipinski definition) is 3. The molecule has 0 amide bonds. The molecule has 0 rings (SSSR count). The van der Waals surface area contributed by atoms with Crippen molar-refractivity contribution in [2.24, 2.45) is 17.8 Å². The van der Waals surface area contributed by atoms with Gasteiger partial charge >= 0.3 is 39.5 Å². The van der Waals surface area contributed by atoms with E-state index in [1.165, 1.54) is 238 Å². The van der Waals surface area contributed by atoms with Gasteiger partial charge in [-0.3, -0.25) is 37.3 Å². The zero-order valence-electron chi connectivity index (χ0n) is 67.1. The number of esters is 4. The lowest BCUT2D eigenvalue weighted by Gasteiger charge is -2.21. The predicted molar refractivity (Wildman–Crippen MR) is 418 cm³/mol. The van der Waals surface area contributed by atoms with E-state index in [1.54, 1.807) is 0 Å². The summed E-state index contributed by atoms with van der Waals surface area (Å²) in [5, 5.41) is 10.6. The van der Waals surface area contributed by atoms with E-state index in [0.29, 0.717) is 25.7 Å². The first-order valence-electron chi connectivity index (χ1n) is 42.9. The van der Waals surface area contributed by atoms with Gasteiger partial charge in [0.15, 0.2) is 12.2 Å². The molecule has 0 aromatic rings. The van der Waals surface area contributed by atoms with Crippen molar-refractivity contribution in [1.29, 1.82) is 0 Å². The first kappa shape index (κ1) is 100. The molecule has 606 valence electrons. The molecule has 102 heavy (non-hydrogen) atoms. The Kier molecular flexibility index (Phi) is 71.8. The second-order valence-electron chi connectivity index (χ2n) is 30.8. The Bertz CT molecular complexity index is 1980. The Balaban J connectivity index is 5.21. The van der Waals surface area contributed by atoms with Crippen LogP contribution in [0.2, 0.25) is 0 Å². The van der Waals surface area contributed by atoms with Crippen LogP contribution >= 0.6 is 15.6 Å². The molecule has 0 aliphatic carbocycles. The maximum atomic E-state index is 13.1. The van der Waals surface area contributed by atoms with E-state index in [2.05, 4.69) is 48.5 Å². The standard InChI is InChI=1S/C83H162O17P2/c1-8-11-12-13-14-15-16-17-18-19-20-21-22-23-24-27-31-34-37-43-52-59-66-82(87)99-78(70-93-80(85)64-57-50-42-36-33-30-28-25-26-29-32-35-40-47-54-61-74(4)5)72-97-101(89,90)95-68-77(84)69-96-102(91,92)98-73-79(71-94-81(86)65-58-51-46-45-49-56-63-76(7)10-3)100-83(88)67-60-53-44-39-38-41-48-55-62-75(6)9-2/h74-79,84H,8-73H2,1-7H3,(H,89,90)(H,91,92)/t75?,76?,77-,78-,79-/m1/s1. The first-order chi connectivity index (χ1) is 49.3. The average Bonchev–Trinajstić information content (AvgIpc) is 1.11.